The van der Waals surface area contributed by atoms with E-state index in [0.717, 1.165) is 11.6 Å². The fourth-order valence-electron chi connectivity index (χ4n) is 1.33. The van der Waals surface area contributed by atoms with E-state index < -0.39 is 11.6 Å². The molecule has 0 aliphatic carbocycles. The number of hydrogen-bond acceptors (Lipinski definition) is 3. The van der Waals surface area contributed by atoms with E-state index in [1.165, 1.54) is 6.07 Å². The Kier molecular flexibility index (Phi) is 3.18. The highest BCUT2D eigenvalue weighted by Crippen LogP contribution is 2.27. The van der Waals surface area contributed by atoms with Gasteiger partial charge in [-0.2, -0.15) is 4.39 Å². The zero-order valence-corrected chi connectivity index (χ0v) is 8.86. The Bertz CT molecular complexity index is 517. The summed E-state index contributed by atoms with van der Waals surface area (Å²) in [6, 6.07) is 5.71. The molecule has 1 heterocycles. The highest BCUT2D eigenvalue weighted by Gasteiger charge is 2.13. The van der Waals surface area contributed by atoms with Gasteiger partial charge in [-0.25, -0.2) is 4.39 Å². The number of halogens is 2. The topological polar surface area (TPSA) is 48.1 Å². The van der Waals surface area contributed by atoms with Crippen LogP contribution in [0.3, 0.4) is 0 Å². The first-order chi connectivity index (χ1) is 8.18. The standard InChI is InChI=1S/C12H10F2N2O/c13-9-3-4-10(15)12(11(9)14)17-7-8-2-1-5-16-6-8/h1-6H,7,15H2. The van der Waals surface area contributed by atoms with E-state index in [0.29, 0.717) is 0 Å². The van der Waals surface area contributed by atoms with Gasteiger partial charge in [-0.1, -0.05) is 6.07 Å². The first kappa shape index (κ1) is 11.3. The molecule has 0 bridgehead atoms. The van der Waals surface area contributed by atoms with Crippen LogP contribution in [0.4, 0.5) is 14.5 Å². The summed E-state index contributed by atoms with van der Waals surface area (Å²) in [4.78, 5) is 3.88. The molecule has 3 nitrogen and oxygen atoms in total. The highest BCUT2D eigenvalue weighted by molar-refractivity contribution is 5.53. The summed E-state index contributed by atoms with van der Waals surface area (Å²) in [5.41, 5.74) is 6.32. The monoisotopic (exact) mass is 236 g/mol. The number of anilines is 1. The van der Waals surface area contributed by atoms with Gasteiger partial charge in [0.15, 0.2) is 11.6 Å². The predicted molar refractivity (Wildman–Crippen MR) is 59.3 cm³/mol. The van der Waals surface area contributed by atoms with Gasteiger partial charge in [0.1, 0.15) is 6.61 Å². The molecule has 0 fully saturated rings. The number of benzene rings is 1. The van der Waals surface area contributed by atoms with Gasteiger partial charge in [0, 0.05) is 18.0 Å². The van der Waals surface area contributed by atoms with Crippen molar-refractivity contribution >= 4 is 5.69 Å². The molecule has 0 radical (unpaired) electrons. The van der Waals surface area contributed by atoms with Gasteiger partial charge in [-0.3, -0.25) is 4.98 Å². The van der Waals surface area contributed by atoms with Gasteiger partial charge in [0.2, 0.25) is 5.82 Å². The van der Waals surface area contributed by atoms with Crippen molar-refractivity contribution in [3.8, 4) is 5.75 Å². The lowest BCUT2D eigenvalue weighted by Crippen LogP contribution is -2.02. The van der Waals surface area contributed by atoms with Crippen LogP contribution in [0.1, 0.15) is 5.56 Å². The molecule has 1 aromatic heterocycles. The molecule has 5 heteroatoms. The molecule has 2 N–H and O–H groups in total. The Labute approximate surface area is 96.9 Å². The molecular weight excluding hydrogens is 226 g/mol. The molecular formula is C12H10F2N2O. The Morgan fingerprint density at radius 2 is 2.06 bits per heavy atom. The third-order valence-corrected chi connectivity index (χ3v) is 2.19. The van der Waals surface area contributed by atoms with Crippen molar-refractivity contribution in [3.63, 3.8) is 0 Å². The van der Waals surface area contributed by atoms with E-state index in [4.69, 9.17) is 10.5 Å². The number of nitrogen functional groups attached to an aromatic ring is 1. The number of aromatic nitrogens is 1. The molecule has 88 valence electrons. The number of pyridine rings is 1. The van der Waals surface area contributed by atoms with Gasteiger partial charge in [0.25, 0.3) is 0 Å². The van der Waals surface area contributed by atoms with Crippen LogP contribution >= 0.6 is 0 Å². The van der Waals surface area contributed by atoms with E-state index in [-0.39, 0.29) is 18.0 Å². The number of nitrogens with two attached hydrogens (primary N) is 1. The van der Waals surface area contributed by atoms with Crippen LogP contribution in [0, 0.1) is 11.6 Å². The predicted octanol–water partition coefficient (Wildman–Crippen LogP) is 2.52. The van der Waals surface area contributed by atoms with E-state index >= 15 is 0 Å². The number of hydrogen-bond donors (Lipinski definition) is 1. The Balaban J connectivity index is 2.17. The van der Waals surface area contributed by atoms with E-state index in [1.807, 2.05) is 0 Å². The maximum absolute atomic E-state index is 13.4. The van der Waals surface area contributed by atoms with Crippen molar-refractivity contribution in [2.24, 2.45) is 0 Å². The van der Waals surface area contributed by atoms with Gasteiger partial charge < -0.3 is 10.5 Å². The minimum atomic E-state index is -1.08. The van der Waals surface area contributed by atoms with Crippen LogP contribution in [0.2, 0.25) is 0 Å². The van der Waals surface area contributed by atoms with Crippen LogP contribution < -0.4 is 10.5 Å². The third kappa shape index (κ3) is 2.50. The number of rotatable bonds is 3. The summed E-state index contributed by atoms with van der Waals surface area (Å²) >= 11 is 0. The summed E-state index contributed by atoms with van der Waals surface area (Å²) in [7, 11) is 0. The maximum Gasteiger partial charge on any atom is 0.202 e. The summed E-state index contributed by atoms with van der Waals surface area (Å²) in [6.07, 6.45) is 3.19. The SMILES string of the molecule is Nc1ccc(F)c(F)c1OCc1cccnc1. The fraction of sp³-hybridized carbons (Fsp3) is 0.0833. The van der Waals surface area contributed by atoms with Crippen LogP contribution in [0.5, 0.6) is 5.75 Å². The third-order valence-electron chi connectivity index (χ3n) is 2.19. The second-order valence-corrected chi connectivity index (χ2v) is 3.43. The molecule has 1 aromatic carbocycles. The van der Waals surface area contributed by atoms with Gasteiger partial charge in [-0.15, -0.1) is 0 Å². The minimum Gasteiger partial charge on any atom is -0.483 e. The van der Waals surface area contributed by atoms with Crippen molar-refractivity contribution in [2.75, 3.05) is 5.73 Å². The summed E-state index contributed by atoms with van der Waals surface area (Å²) < 4.78 is 31.5. The van der Waals surface area contributed by atoms with E-state index in [9.17, 15) is 8.78 Å². The molecule has 0 saturated heterocycles. The Hall–Kier alpha value is -2.17. The van der Waals surface area contributed by atoms with Crippen LogP contribution in [0.15, 0.2) is 36.7 Å². The maximum atomic E-state index is 13.4. The van der Waals surface area contributed by atoms with Gasteiger partial charge in [0.05, 0.1) is 5.69 Å². The van der Waals surface area contributed by atoms with Crippen molar-refractivity contribution in [1.82, 2.24) is 4.98 Å². The van der Waals surface area contributed by atoms with Crippen LogP contribution in [-0.4, -0.2) is 4.98 Å². The Morgan fingerprint density at radius 3 is 2.76 bits per heavy atom. The molecule has 17 heavy (non-hydrogen) atoms. The molecule has 0 unspecified atom stereocenters. The lowest BCUT2D eigenvalue weighted by atomic mass is 10.2. The van der Waals surface area contributed by atoms with Crippen molar-refractivity contribution in [3.05, 3.63) is 53.9 Å². The van der Waals surface area contributed by atoms with Crippen molar-refractivity contribution in [1.29, 1.82) is 0 Å². The van der Waals surface area contributed by atoms with Crippen LogP contribution in [-0.2, 0) is 6.61 Å². The summed E-state index contributed by atoms with van der Waals surface area (Å²) in [5, 5.41) is 0. The molecule has 0 atom stereocenters. The molecule has 0 saturated carbocycles. The zero-order valence-electron chi connectivity index (χ0n) is 8.86. The first-order valence-electron chi connectivity index (χ1n) is 4.93. The fourth-order valence-corrected chi connectivity index (χ4v) is 1.33. The largest absolute Gasteiger partial charge is 0.483 e. The lowest BCUT2D eigenvalue weighted by Gasteiger charge is -2.09. The highest BCUT2D eigenvalue weighted by atomic mass is 19.2. The second-order valence-electron chi connectivity index (χ2n) is 3.43. The number of nitrogens with zero attached hydrogens (tertiary/aromatic N) is 1. The second kappa shape index (κ2) is 4.78. The normalized spacial score (nSPS) is 10.2. The lowest BCUT2D eigenvalue weighted by molar-refractivity contribution is 0.286. The smallest absolute Gasteiger partial charge is 0.202 e. The molecule has 0 aliphatic rings. The van der Waals surface area contributed by atoms with Crippen molar-refractivity contribution in [2.45, 2.75) is 6.61 Å². The van der Waals surface area contributed by atoms with Crippen LogP contribution in [0.25, 0.3) is 0 Å². The summed E-state index contributed by atoms with van der Waals surface area (Å²) in [5.74, 6) is -2.33. The van der Waals surface area contributed by atoms with E-state index in [1.54, 1.807) is 24.5 Å². The average molecular weight is 236 g/mol. The number of ether oxygens (including phenoxy) is 1. The molecule has 0 amide bonds. The molecule has 2 aromatic rings. The summed E-state index contributed by atoms with van der Waals surface area (Å²) in [6.45, 7) is 0.0818. The first-order valence-corrected chi connectivity index (χ1v) is 4.93. The van der Waals surface area contributed by atoms with Gasteiger partial charge in [-0.05, 0) is 18.2 Å². The Morgan fingerprint density at radius 1 is 1.24 bits per heavy atom. The molecule has 2 rings (SSSR count). The molecule has 0 spiro atoms. The molecule has 0 aliphatic heterocycles. The van der Waals surface area contributed by atoms with Crippen molar-refractivity contribution < 1.29 is 13.5 Å². The quantitative estimate of drug-likeness (QED) is 0.833. The minimum absolute atomic E-state index is 0.0628. The van der Waals surface area contributed by atoms with E-state index in [2.05, 4.69) is 4.98 Å². The average Bonchev–Trinajstić information content (AvgIpc) is 2.35. The zero-order chi connectivity index (χ0) is 12.3. The van der Waals surface area contributed by atoms with Gasteiger partial charge >= 0.3 is 0 Å².